The molecular formula is C17H15NO6. The number of carbonyl (C=O) groups is 2. The zero-order chi connectivity index (χ0) is 17.7. The molecule has 0 aromatic heterocycles. The van der Waals surface area contributed by atoms with Crippen molar-refractivity contribution in [3.8, 4) is 11.1 Å². The molecule has 0 spiro atoms. The van der Waals surface area contributed by atoms with Crippen molar-refractivity contribution in [1.82, 2.24) is 0 Å². The van der Waals surface area contributed by atoms with Gasteiger partial charge >= 0.3 is 11.9 Å². The summed E-state index contributed by atoms with van der Waals surface area (Å²) in [5.41, 5.74) is 1.11. The molecule has 0 aliphatic carbocycles. The largest absolute Gasteiger partial charge is 0.465 e. The minimum Gasteiger partial charge on any atom is -0.465 e. The summed E-state index contributed by atoms with van der Waals surface area (Å²) in [6, 6.07) is 10.3. The Kier molecular flexibility index (Phi) is 5.26. The molecule has 124 valence electrons. The van der Waals surface area contributed by atoms with Gasteiger partial charge in [0.25, 0.3) is 5.69 Å². The molecule has 0 saturated heterocycles. The van der Waals surface area contributed by atoms with Gasteiger partial charge in [-0.2, -0.15) is 0 Å². The summed E-state index contributed by atoms with van der Waals surface area (Å²) in [7, 11) is 1.20. The van der Waals surface area contributed by atoms with Crippen molar-refractivity contribution in [2.24, 2.45) is 0 Å². The lowest BCUT2D eigenvalue weighted by Crippen LogP contribution is -2.04. The highest BCUT2D eigenvalue weighted by molar-refractivity contribution is 5.93. The maximum absolute atomic E-state index is 11.6. The smallest absolute Gasteiger partial charge is 0.338 e. The number of benzene rings is 2. The summed E-state index contributed by atoms with van der Waals surface area (Å²) in [5, 5.41) is 11.3. The lowest BCUT2D eigenvalue weighted by atomic mass is 10.0. The van der Waals surface area contributed by atoms with Gasteiger partial charge in [-0.05, 0) is 36.8 Å². The highest BCUT2D eigenvalue weighted by atomic mass is 16.6. The molecule has 2 aromatic rings. The average Bonchev–Trinajstić information content (AvgIpc) is 2.60. The highest BCUT2D eigenvalue weighted by Gasteiger charge is 2.19. The maximum atomic E-state index is 11.6. The first-order chi connectivity index (χ1) is 11.5. The van der Waals surface area contributed by atoms with Gasteiger partial charge in [-0.25, -0.2) is 9.59 Å². The Hall–Kier alpha value is -3.22. The van der Waals surface area contributed by atoms with E-state index in [0.29, 0.717) is 16.7 Å². The molecular weight excluding hydrogens is 314 g/mol. The first kappa shape index (κ1) is 17.1. The molecule has 2 aromatic carbocycles. The molecule has 24 heavy (non-hydrogen) atoms. The third kappa shape index (κ3) is 3.57. The molecule has 0 heterocycles. The van der Waals surface area contributed by atoms with Crippen LogP contribution in [0.1, 0.15) is 27.6 Å². The van der Waals surface area contributed by atoms with Crippen LogP contribution in [0, 0.1) is 10.1 Å². The summed E-state index contributed by atoms with van der Waals surface area (Å²) in [5.74, 6) is -1.11. The second-order valence-corrected chi connectivity index (χ2v) is 4.78. The van der Waals surface area contributed by atoms with Gasteiger partial charge in [0.05, 0.1) is 35.3 Å². The number of methoxy groups -OCH3 is 1. The minimum atomic E-state index is -0.651. The lowest BCUT2D eigenvalue weighted by Gasteiger charge is -2.07. The number of hydrogen-bond acceptors (Lipinski definition) is 6. The van der Waals surface area contributed by atoms with Crippen molar-refractivity contribution in [1.29, 1.82) is 0 Å². The van der Waals surface area contributed by atoms with Crippen LogP contribution in [0.15, 0.2) is 42.5 Å². The third-order valence-electron chi connectivity index (χ3n) is 3.32. The van der Waals surface area contributed by atoms with Crippen LogP contribution < -0.4 is 0 Å². The van der Waals surface area contributed by atoms with Crippen LogP contribution in [0.4, 0.5) is 5.69 Å². The highest BCUT2D eigenvalue weighted by Crippen LogP contribution is 2.31. The van der Waals surface area contributed by atoms with Gasteiger partial charge in [0.15, 0.2) is 0 Å². The molecule has 0 unspecified atom stereocenters. The average molecular weight is 329 g/mol. The molecule has 2 rings (SSSR count). The molecule has 0 atom stereocenters. The van der Waals surface area contributed by atoms with Crippen LogP contribution in [0.2, 0.25) is 0 Å². The molecule has 7 heteroatoms. The van der Waals surface area contributed by atoms with E-state index >= 15 is 0 Å². The van der Waals surface area contributed by atoms with Crippen molar-refractivity contribution in [2.75, 3.05) is 13.7 Å². The molecule has 0 amide bonds. The third-order valence-corrected chi connectivity index (χ3v) is 3.32. The van der Waals surface area contributed by atoms with Gasteiger partial charge in [-0.1, -0.05) is 12.1 Å². The fourth-order valence-corrected chi connectivity index (χ4v) is 2.17. The Morgan fingerprint density at radius 1 is 1.04 bits per heavy atom. The van der Waals surface area contributed by atoms with Gasteiger partial charge < -0.3 is 9.47 Å². The van der Waals surface area contributed by atoms with E-state index in [0.717, 1.165) is 0 Å². The van der Waals surface area contributed by atoms with Gasteiger partial charge in [-0.3, -0.25) is 10.1 Å². The molecule has 0 aliphatic rings. The number of carbonyl (C=O) groups excluding carboxylic acids is 2. The standard InChI is InChI=1S/C17H15NO6/c1-3-24-17(20)12-6-4-11(5-7-12)14-9-8-13(16(19)23-2)10-15(14)18(21)22/h4-10H,3H2,1-2H3. The summed E-state index contributed by atoms with van der Waals surface area (Å²) < 4.78 is 9.46. The van der Waals surface area contributed by atoms with E-state index in [1.165, 1.54) is 37.4 Å². The van der Waals surface area contributed by atoms with E-state index in [1.54, 1.807) is 19.1 Å². The van der Waals surface area contributed by atoms with Crippen molar-refractivity contribution in [3.63, 3.8) is 0 Å². The second-order valence-electron chi connectivity index (χ2n) is 4.78. The van der Waals surface area contributed by atoms with Gasteiger partial charge in [0, 0.05) is 6.07 Å². The molecule has 0 fully saturated rings. The first-order valence-electron chi connectivity index (χ1n) is 7.12. The number of rotatable bonds is 5. The number of esters is 2. The molecule has 0 saturated carbocycles. The summed E-state index contributed by atoms with van der Waals surface area (Å²) in [6.07, 6.45) is 0. The Bertz CT molecular complexity index is 782. The van der Waals surface area contributed by atoms with Crippen molar-refractivity contribution in [2.45, 2.75) is 6.92 Å². The maximum Gasteiger partial charge on any atom is 0.338 e. The summed E-state index contributed by atoms with van der Waals surface area (Å²) in [6.45, 7) is 1.97. The van der Waals surface area contributed by atoms with Crippen molar-refractivity contribution in [3.05, 3.63) is 63.7 Å². The Balaban J connectivity index is 2.42. The van der Waals surface area contributed by atoms with E-state index < -0.39 is 16.9 Å². The minimum absolute atomic E-state index is 0.0936. The van der Waals surface area contributed by atoms with Crippen LogP contribution >= 0.6 is 0 Å². The van der Waals surface area contributed by atoms with Crippen LogP contribution in [-0.2, 0) is 9.47 Å². The van der Waals surface area contributed by atoms with Crippen LogP contribution in [0.5, 0.6) is 0 Å². The molecule has 7 nitrogen and oxygen atoms in total. The lowest BCUT2D eigenvalue weighted by molar-refractivity contribution is -0.384. The number of nitro groups is 1. The van der Waals surface area contributed by atoms with Gasteiger partial charge in [-0.15, -0.1) is 0 Å². The predicted molar refractivity (Wildman–Crippen MR) is 85.8 cm³/mol. The Morgan fingerprint density at radius 3 is 2.21 bits per heavy atom. The predicted octanol–water partition coefficient (Wildman–Crippen LogP) is 3.23. The van der Waals surface area contributed by atoms with E-state index in [2.05, 4.69) is 4.74 Å². The van der Waals surface area contributed by atoms with Crippen LogP contribution in [-0.4, -0.2) is 30.6 Å². The summed E-state index contributed by atoms with van der Waals surface area (Å²) >= 11 is 0. The molecule has 0 radical (unpaired) electrons. The topological polar surface area (TPSA) is 95.7 Å². The monoisotopic (exact) mass is 329 g/mol. The molecule has 0 bridgehead atoms. The SMILES string of the molecule is CCOC(=O)c1ccc(-c2ccc(C(=O)OC)cc2[N+](=O)[O-])cc1. The van der Waals surface area contributed by atoms with Crippen LogP contribution in [0.3, 0.4) is 0 Å². The number of nitrogens with zero attached hydrogens (tertiary/aromatic N) is 1. The van der Waals surface area contributed by atoms with Gasteiger partial charge in [0.1, 0.15) is 0 Å². The van der Waals surface area contributed by atoms with Crippen molar-refractivity contribution >= 4 is 17.6 Å². The zero-order valence-corrected chi connectivity index (χ0v) is 13.1. The zero-order valence-electron chi connectivity index (χ0n) is 13.1. The number of hydrogen-bond donors (Lipinski definition) is 0. The number of ether oxygens (including phenoxy) is 2. The molecule has 0 aliphatic heterocycles. The first-order valence-corrected chi connectivity index (χ1v) is 7.12. The van der Waals surface area contributed by atoms with E-state index in [9.17, 15) is 19.7 Å². The second kappa shape index (κ2) is 7.36. The van der Waals surface area contributed by atoms with Crippen molar-refractivity contribution < 1.29 is 24.0 Å². The summed E-state index contributed by atoms with van der Waals surface area (Å²) in [4.78, 5) is 33.9. The number of nitro benzene ring substituents is 1. The quantitative estimate of drug-likeness (QED) is 0.475. The van der Waals surface area contributed by atoms with Crippen LogP contribution in [0.25, 0.3) is 11.1 Å². The Morgan fingerprint density at radius 2 is 1.67 bits per heavy atom. The fraction of sp³-hybridized carbons (Fsp3) is 0.176. The molecule has 0 N–H and O–H groups in total. The van der Waals surface area contributed by atoms with E-state index in [1.807, 2.05) is 0 Å². The Labute approximate surface area is 138 Å². The van der Waals surface area contributed by atoms with Gasteiger partial charge in [0.2, 0.25) is 0 Å². The van der Waals surface area contributed by atoms with E-state index in [-0.39, 0.29) is 17.9 Å². The fourth-order valence-electron chi connectivity index (χ4n) is 2.17. The normalized spacial score (nSPS) is 10.1. The van der Waals surface area contributed by atoms with E-state index in [4.69, 9.17) is 4.74 Å².